The van der Waals surface area contributed by atoms with Gasteiger partial charge in [0.2, 0.25) is 0 Å². The highest BCUT2D eigenvalue weighted by Crippen LogP contribution is 2.33. The maximum Gasteiger partial charge on any atom is 0.305 e. The second-order valence-electron chi connectivity index (χ2n) is 11.9. The molecule has 0 saturated heterocycles. The summed E-state index contributed by atoms with van der Waals surface area (Å²) in [6.07, 6.45) is 7.01. The van der Waals surface area contributed by atoms with E-state index in [1.807, 2.05) is 48.5 Å². The Balaban J connectivity index is 1.09. The van der Waals surface area contributed by atoms with Gasteiger partial charge in [-0.3, -0.25) is 9.69 Å². The molecule has 0 aliphatic carbocycles. The Morgan fingerprint density at radius 1 is 0.717 bits per heavy atom. The van der Waals surface area contributed by atoms with Crippen molar-refractivity contribution in [1.82, 2.24) is 9.88 Å². The number of aromatic nitrogens is 1. The predicted octanol–water partition coefficient (Wildman–Crippen LogP) is 8.30. The Morgan fingerprint density at radius 3 is 2.07 bits per heavy atom. The molecule has 7 heteroatoms. The molecule has 4 aromatic carbocycles. The van der Waals surface area contributed by atoms with Crippen LogP contribution in [0.4, 0.5) is 0 Å². The minimum Gasteiger partial charge on any atom is -0.487 e. The van der Waals surface area contributed by atoms with Gasteiger partial charge in [-0.15, -0.1) is 0 Å². The molecule has 6 nitrogen and oxygen atoms in total. The van der Waals surface area contributed by atoms with Crippen LogP contribution < -0.4 is 9.61 Å². The van der Waals surface area contributed by atoms with Crippen LogP contribution in [0.3, 0.4) is 0 Å². The molecule has 1 aromatic heterocycles. The summed E-state index contributed by atoms with van der Waals surface area (Å²) in [6, 6.07) is 34.8. The first-order valence-electron chi connectivity index (χ1n) is 16.5. The summed E-state index contributed by atoms with van der Waals surface area (Å²) in [5.41, 5.74) is 5.07. The van der Waals surface area contributed by atoms with E-state index in [1.165, 1.54) is 11.1 Å². The summed E-state index contributed by atoms with van der Waals surface area (Å²) < 4.78 is 12.7. The van der Waals surface area contributed by atoms with Gasteiger partial charge in [-0.2, -0.15) is 0 Å². The van der Waals surface area contributed by atoms with E-state index in [2.05, 4.69) is 64.5 Å². The maximum absolute atomic E-state index is 12.4. The molecule has 0 saturated carbocycles. The first-order valence-corrected chi connectivity index (χ1v) is 17.4. The lowest BCUT2D eigenvalue weighted by molar-refractivity contribution is 0.108. The molecule has 0 aliphatic rings. The van der Waals surface area contributed by atoms with Gasteiger partial charge in [0.15, 0.2) is 0 Å². The number of hydrogen-bond acceptors (Lipinski definition) is 6. The summed E-state index contributed by atoms with van der Waals surface area (Å²) >= 11 is 1.13. The average Bonchev–Trinajstić information content (AvgIpc) is 3.48. The molecule has 0 bridgehead atoms. The van der Waals surface area contributed by atoms with Crippen LogP contribution in [0.2, 0.25) is 0 Å². The van der Waals surface area contributed by atoms with Crippen LogP contribution in [0.15, 0.2) is 108 Å². The van der Waals surface area contributed by atoms with Crippen LogP contribution in [-0.2, 0) is 24.3 Å². The van der Waals surface area contributed by atoms with E-state index < -0.39 is 6.10 Å². The van der Waals surface area contributed by atoms with Crippen molar-refractivity contribution in [3.8, 4) is 5.75 Å². The van der Waals surface area contributed by atoms with Gasteiger partial charge < -0.3 is 19.6 Å². The van der Waals surface area contributed by atoms with E-state index in [9.17, 15) is 9.90 Å². The van der Waals surface area contributed by atoms with E-state index in [4.69, 9.17) is 9.47 Å². The number of benzene rings is 4. The monoisotopic (exact) mass is 638 g/mol. The summed E-state index contributed by atoms with van der Waals surface area (Å²) in [7, 11) is 0. The van der Waals surface area contributed by atoms with E-state index in [1.54, 1.807) is 0 Å². The third kappa shape index (κ3) is 10.7. The Morgan fingerprint density at radius 2 is 1.35 bits per heavy atom. The van der Waals surface area contributed by atoms with Crippen LogP contribution in [0.5, 0.6) is 5.75 Å². The Hall–Kier alpha value is -3.75. The van der Waals surface area contributed by atoms with Gasteiger partial charge in [0.25, 0.3) is 0 Å². The molecule has 1 atom stereocenters. The highest BCUT2D eigenvalue weighted by Gasteiger charge is 2.20. The summed E-state index contributed by atoms with van der Waals surface area (Å²) in [6.45, 7) is 4.18. The number of thiazole rings is 1. The summed E-state index contributed by atoms with van der Waals surface area (Å²) in [4.78, 5) is 17.5. The largest absolute Gasteiger partial charge is 0.487 e. The fraction of sp³-hybridized carbons (Fsp3) is 0.359. The number of nitrogens with one attached hydrogen (secondary N) is 1. The van der Waals surface area contributed by atoms with E-state index in [0.717, 1.165) is 98.4 Å². The van der Waals surface area contributed by atoms with E-state index in [-0.39, 0.29) is 4.87 Å². The van der Waals surface area contributed by atoms with Crippen molar-refractivity contribution < 1.29 is 14.6 Å². The van der Waals surface area contributed by atoms with Gasteiger partial charge in [-0.25, -0.2) is 0 Å². The van der Waals surface area contributed by atoms with Crippen molar-refractivity contribution >= 4 is 21.6 Å². The van der Waals surface area contributed by atoms with Crippen LogP contribution in [0, 0.1) is 0 Å². The lowest BCUT2D eigenvalue weighted by atomic mass is 10.1. The first-order chi connectivity index (χ1) is 22.7. The van der Waals surface area contributed by atoms with Gasteiger partial charge in [0.05, 0.1) is 10.8 Å². The molecule has 0 radical (unpaired) electrons. The molecule has 46 heavy (non-hydrogen) atoms. The fourth-order valence-electron chi connectivity index (χ4n) is 5.74. The number of rotatable bonds is 20. The van der Waals surface area contributed by atoms with Gasteiger partial charge in [0.1, 0.15) is 17.9 Å². The molecule has 0 unspecified atom stereocenters. The molecule has 5 rings (SSSR count). The minimum atomic E-state index is -0.740. The molecule has 5 aromatic rings. The van der Waals surface area contributed by atoms with Crippen molar-refractivity contribution in [2.45, 2.75) is 64.2 Å². The number of fused-ring (bicyclic) bond motifs is 1. The third-order valence-corrected chi connectivity index (χ3v) is 9.14. The van der Waals surface area contributed by atoms with Crippen molar-refractivity contribution in [1.29, 1.82) is 0 Å². The van der Waals surface area contributed by atoms with E-state index >= 15 is 0 Å². The fourth-order valence-corrected chi connectivity index (χ4v) is 6.65. The zero-order valence-electron chi connectivity index (χ0n) is 26.6. The molecule has 242 valence electrons. The van der Waals surface area contributed by atoms with Gasteiger partial charge in [-0.05, 0) is 61.4 Å². The maximum atomic E-state index is 12.4. The first kappa shape index (κ1) is 33.6. The molecular weight excluding hydrogens is 593 g/mol. The molecule has 0 amide bonds. The van der Waals surface area contributed by atoms with Crippen LogP contribution in [0.25, 0.3) is 10.2 Å². The zero-order valence-corrected chi connectivity index (χ0v) is 27.4. The van der Waals surface area contributed by atoms with Crippen LogP contribution in [0.1, 0.15) is 66.9 Å². The Bertz CT molecular complexity index is 1620. The molecule has 2 N–H and O–H groups in total. The number of aliphatic hydroxyl groups excluding tert-OH is 1. The van der Waals surface area contributed by atoms with Crippen molar-refractivity contribution in [3.63, 3.8) is 0 Å². The molecule has 0 aliphatic heterocycles. The molecule has 1 heterocycles. The van der Waals surface area contributed by atoms with Crippen molar-refractivity contribution in [3.05, 3.63) is 135 Å². The summed E-state index contributed by atoms with van der Waals surface area (Å²) in [5, 5.41) is 11.5. The van der Waals surface area contributed by atoms with Crippen LogP contribution in [-0.4, -0.2) is 41.3 Å². The Labute approximate surface area is 276 Å². The number of H-pyrrole nitrogens is 1. The lowest BCUT2D eigenvalue weighted by Crippen LogP contribution is -2.29. The number of nitrogens with zero attached hydrogens (tertiary/aromatic N) is 1. The Kier molecular flexibility index (Phi) is 13.5. The summed E-state index contributed by atoms with van der Waals surface area (Å²) in [5.74, 6) is 0.616. The average molecular weight is 639 g/mol. The topological polar surface area (TPSA) is 74.8 Å². The molecule has 0 fully saturated rings. The second-order valence-corrected chi connectivity index (χ2v) is 12.8. The van der Waals surface area contributed by atoms with Gasteiger partial charge >= 0.3 is 4.87 Å². The van der Waals surface area contributed by atoms with Gasteiger partial charge in [-0.1, -0.05) is 121 Å². The minimum absolute atomic E-state index is 0.156. The predicted molar refractivity (Wildman–Crippen MR) is 189 cm³/mol. The number of aryl methyl sites for hydroxylation is 1. The third-order valence-electron chi connectivity index (χ3n) is 8.21. The zero-order chi connectivity index (χ0) is 31.8. The highest BCUT2D eigenvalue weighted by atomic mass is 32.1. The molecule has 0 spiro atoms. The SMILES string of the molecule is O=c1[nH]c2c(OCc3ccccc3)ccc([C@@H](O)CN(CCCCCCOCCCCc3ccccc3)Cc3ccccc3)c2s1. The van der Waals surface area contributed by atoms with Gasteiger partial charge in [0, 0.05) is 31.9 Å². The smallest absolute Gasteiger partial charge is 0.305 e. The van der Waals surface area contributed by atoms with E-state index in [0.29, 0.717) is 24.4 Å². The van der Waals surface area contributed by atoms with Crippen LogP contribution >= 0.6 is 11.3 Å². The number of unbranched alkanes of at least 4 members (excludes halogenated alkanes) is 4. The van der Waals surface area contributed by atoms with Crippen molar-refractivity contribution in [2.24, 2.45) is 0 Å². The lowest BCUT2D eigenvalue weighted by Gasteiger charge is -2.26. The number of aromatic amines is 1. The number of hydrogen-bond donors (Lipinski definition) is 2. The highest BCUT2D eigenvalue weighted by molar-refractivity contribution is 7.16. The molecular formula is C39H46N2O4S. The normalized spacial score (nSPS) is 12.1. The standard InChI is InChI=1S/C39H46N2O4S/c42-35(34-23-24-36(37-38(34)46-39(43)40-37)45-30-33-21-10-5-11-22-33)29-41(28-32-19-8-4-9-20-32)25-13-1-2-14-26-44-27-15-12-18-31-16-6-3-7-17-31/h3-11,16-17,19-24,35,42H,1-2,12-15,18,25-30H2,(H,40,43)/t35-/m0/s1. The number of aliphatic hydroxyl groups is 1. The van der Waals surface area contributed by atoms with Crippen molar-refractivity contribution in [2.75, 3.05) is 26.3 Å². The second kappa shape index (κ2) is 18.4. The number of ether oxygens (including phenoxy) is 2. The quantitative estimate of drug-likeness (QED) is 0.0839.